The molecule has 0 spiro atoms. The van der Waals surface area contributed by atoms with Gasteiger partial charge in [0, 0.05) is 17.8 Å². The van der Waals surface area contributed by atoms with E-state index in [1.54, 1.807) is 0 Å². The molecule has 1 aromatic heterocycles. The Bertz CT molecular complexity index is 403. The molecule has 1 heterocycles. The number of pyridine rings is 1. The molecule has 0 amide bonds. The van der Waals surface area contributed by atoms with Crippen molar-refractivity contribution in [3.8, 4) is 0 Å². The van der Waals surface area contributed by atoms with Crippen molar-refractivity contribution in [2.24, 2.45) is 5.92 Å². The summed E-state index contributed by atoms with van der Waals surface area (Å²) in [7, 11) is 0. The maximum atomic E-state index is 10.8. The lowest BCUT2D eigenvalue weighted by molar-refractivity contribution is 0.0146. The smallest absolute Gasteiger partial charge is 0.0734 e. The maximum Gasteiger partial charge on any atom is 0.0734 e. The number of aliphatic hydroxyl groups is 1. The molecular weight excluding hydrogens is 198 g/mol. The van der Waals surface area contributed by atoms with Crippen molar-refractivity contribution in [2.75, 3.05) is 0 Å². The number of hydrogen-bond donors (Lipinski definition) is 1. The Kier molecular flexibility index (Phi) is 2.28. The highest BCUT2D eigenvalue weighted by atomic mass is 16.3. The van der Waals surface area contributed by atoms with E-state index in [1.807, 2.05) is 12.3 Å². The minimum absolute atomic E-state index is 0.286. The summed E-state index contributed by atoms with van der Waals surface area (Å²) >= 11 is 0. The van der Waals surface area contributed by atoms with Crippen LogP contribution in [-0.2, 0) is 6.42 Å². The van der Waals surface area contributed by atoms with Crippen molar-refractivity contribution >= 4 is 0 Å². The summed E-state index contributed by atoms with van der Waals surface area (Å²) in [5, 5.41) is 10.8. The van der Waals surface area contributed by atoms with Gasteiger partial charge in [0.2, 0.25) is 0 Å². The van der Waals surface area contributed by atoms with Gasteiger partial charge in [0.05, 0.1) is 5.60 Å². The van der Waals surface area contributed by atoms with Crippen molar-refractivity contribution in [2.45, 2.75) is 50.5 Å². The summed E-state index contributed by atoms with van der Waals surface area (Å²) < 4.78 is 0. The van der Waals surface area contributed by atoms with Crippen molar-refractivity contribution in [3.63, 3.8) is 0 Å². The third kappa shape index (κ3) is 1.47. The Morgan fingerprint density at radius 2 is 2.31 bits per heavy atom. The van der Waals surface area contributed by atoms with Gasteiger partial charge in [-0.2, -0.15) is 0 Å². The lowest BCUT2D eigenvalue weighted by Gasteiger charge is -2.30. The van der Waals surface area contributed by atoms with Gasteiger partial charge < -0.3 is 5.11 Å². The second-order valence-corrected chi connectivity index (χ2v) is 5.59. The van der Waals surface area contributed by atoms with Crippen molar-refractivity contribution in [1.29, 1.82) is 0 Å². The Balaban J connectivity index is 1.93. The molecule has 16 heavy (non-hydrogen) atoms. The second kappa shape index (κ2) is 3.56. The van der Waals surface area contributed by atoms with E-state index in [4.69, 9.17) is 0 Å². The number of fused-ring (bicyclic) bond motifs is 1. The topological polar surface area (TPSA) is 33.1 Å². The van der Waals surface area contributed by atoms with Gasteiger partial charge >= 0.3 is 0 Å². The summed E-state index contributed by atoms with van der Waals surface area (Å²) in [5.41, 5.74) is 2.04. The van der Waals surface area contributed by atoms with Crippen LogP contribution < -0.4 is 0 Å². The SMILES string of the molecule is CC1CCC(O)(C2CCc3cccnc32)C1. The predicted molar refractivity (Wildman–Crippen MR) is 63.3 cm³/mol. The van der Waals surface area contributed by atoms with Crippen LogP contribution in [0.1, 0.15) is 49.8 Å². The van der Waals surface area contributed by atoms with E-state index < -0.39 is 5.60 Å². The molecule has 0 radical (unpaired) electrons. The van der Waals surface area contributed by atoms with Gasteiger partial charge in [0.1, 0.15) is 0 Å². The number of nitrogens with zero attached hydrogens (tertiary/aromatic N) is 1. The van der Waals surface area contributed by atoms with Gasteiger partial charge in [-0.3, -0.25) is 4.98 Å². The zero-order valence-electron chi connectivity index (χ0n) is 9.82. The van der Waals surface area contributed by atoms with Crippen LogP contribution in [0.5, 0.6) is 0 Å². The molecular formula is C14H19NO. The first-order valence-electron chi connectivity index (χ1n) is 6.35. The zero-order chi connectivity index (χ0) is 11.2. The number of aryl methyl sites for hydroxylation is 1. The van der Waals surface area contributed by atoms with Crippen LogP contribution in [0.4, 0.5) is 0 Å². The molecule has 1 N–H and O–H groups in total. The minimum Gasteiger partial charge on any atom is -0.389 e. The fourth-order valence-corrected chi connectivity index (χ4v) is 3.56. The van der Waals surface area contributed by atoms with E-state index in [9.17, 15) is 5.11 Å². The van der Waals surface area contributed by atoms with Crippen molar-refractivity contribution in [1.82, 2.24) is 4.98 Å². The third-order valence-electron chi connectivity index (χ3n) is 4.38. The van der Waals surface area contributed by atoms with Gasteiger partial charge in [0.25, 0.3) is 0 Å². The predicted octanol–water partition coefficient (Wildman–Crippen LogP) is 2.66. The first-order valence-corrected chi connectivity index (χ1v) is 6.35. The highest BCUT2D eigenvalue weighted by Gasteiger charge is 2.45. The first-order chi connectivity index (χ1) is 7.69. The molecule has 1 aromatic rings. The van der Waals surface area contributed by atoms with E-state index in [0.29, 0.717) is 5.92 Å². The molecule has 2 heteroatoms. The van der Waals surface area contributed by atoms with Crippen molar-refractivity contribution < 1.29 is 5.11 Å². The summed E-state index contributed by atoms with van der Waals surface area (Å²) in [5.74, 6) is 0.950. The molecule has 86 valence electrons. The second-order valence-electron chi connectivity index (χ2n) is 5.59. The van der Waals surface area contributed by atoms with Crippen LogP contribution in [0, 0.1) is 5.92 Å². The standard InChI is InChI=1S/C14H19NO/c1-10-6-7-14(16,9-10)12-5-4-11-3-2-8-15-13(11)12/h2-3,8,10,12,16H,4-7,9H2,1H3. The maximum absolute atomic E-state index is 10.8. The van der Waals surface area contributed by atoms with E-state index in [2.05, 4.69) is 18.0 Å². The molecule has 0 aromatic carbocycles. The van der Waals surface area contributed by atoms with Crippen LogP contribution in [0.2, 0.25) is 0 Å². The fraction of sp³-hybridized carbons (Fsp3) is 0.643. The van der Waals surface area contributed by atoms with Gasteiger partial charge in [-0.25, -0.2) is 0 Å². The summed E-state index contributed by atoms with van der Waals surface area (Å²) in [6.45, 7) is 2.24. The molecule has 0 saturated heterocycles. The molecule has 3 rings (SSSR count). The lowest BCUT2D eigenvalue weighted by atomic mass is 9.83. The fourth-order valence-electron chi connectivity index (χ4n) is 3.56. The number of aromatic nitrogens is 1. The minimum atomic E-state index is -0.473. The third-order valence-corrected chi connectivity index (χ3v) is 4.38. The van der Waals surface area contributed by atoms with Crippen LogP contribution in [0.25, 0.3) is 0 Å². The molecule has 0 aliphatic heterocycles. The highest BCUT2D eigenvalue weighted by molar-refractivity contribution is 5.31. The first kappa shape index (κ1) is 10.3. The van der Waals surface area contributed by atoms with E-state index in [1.165, 1.54) is 11.3 Å². The zero-order valence-corrected chi connectivity index (χ0v) is 9.82. The largest absolute Gasteiger partial charge is 0.389 e. The number of hydrogen-bond acceptors (Lipinski definition) is 2. The molecule has 3 atom stereocenters. The monoisotopic (exact) mass is 217 g/mol. The molecule has 2 nitrogen and oxygen atoms in total. The summed E-state index contributed by atoms with van der Waals surface area (Å²) in [4.78, 5) is 4.50. The molecule has 2 aliphatic rings. The van der Waals surface area contributed by atoms with E-state index in [0.717, 1.165) is 32.1 Å². The molecule has 1 saturated carbocycles. The van der Waals surface area contributed by atoms with Crippen molar-refractivity contribution in [3.05, 3.63) is 29.6 Å². The van der Waals surface area contributed by atoms with E-state index >= 15 is 0 Å². The average molecular weight is 217 g/mol. The normalized spacial score (nSPS) is 37.6. The molecule has 0 bridgehead atoms. The Labute approximate surface area is 96.7 Å². The number of rotatable bonds is 1. The van der Waals surface area contributed by atoms with Gasteiger partial charge in [0.15, 0.2) is 0 Å². The Morgan fingerprint density at radius 1 is 1.44 bits per heavy atom. The molecule has 2 aliphatic carbocycles. The molecule has 1 fully saturated rings. The van der Waals surface area contributed by atoms with Crippen LogP contribution in [-0.4, -0.2) is 15.7 Å². The summed E-state index contributed by atoms with van der Waals surface area (Å²) in [6.07, 6.45) is 7.09. The summed E-state index contributed by atoms with van der Waals surface area (Å²) in [6, 6.07) is 4.16. The quantitative estimate of drug-likeness (QED) is 0.784. The lowest BCUT2D eigenvalue weighted by Crippen LogP contribution is -2.32. The van der Waals surface area contributed by atoms with Gasteiger partial charge in [-0.15, -0.1) is 0 Å². The van der Waals surface area contributed by atoms with Gasteiger partial charge in [-0.05, 0) is 49.7 Å². The van der Waals surface area contributed by atoms with Crippen LogP contribution >= 0.6 is 0 Å². The Hall–Kier alpha value is -0.890. The highest BCUT2D eigenvalue weighted by Crippen LogP contribution is 2.48. The average Bonchev–Trinajstić information content (AvgIpc) is 2.83. The molecule has 3 unspecified atom stereocenters. The van der Waals surface area contributed by atoms with E-state index in [-0.39, 0.29) is 5.92 Å². The Morgan fingerprint density at radius 3 is 3.06 bits per heavy atom. The van der Waals surface area contributed by atoms with Crippen LogP contribution in [0.15, 0.2) is 18.3 Å². The van der Waals surface area contributed by atoms with Gasteiger partial charge in [-0.1, -0.05) is 13.0 Å². The van der Waals surface area contributed by atoms with Crippen LogP contribution in [0.3, 0.4) is 0 Å².